The van der Waals surface area contributed by atoms with E-state index in [1.807, 2.05) is 0 Å². The molecule has 0 amide bonds. The first-order chi connectivity index (χ1) is 15.0. The Morgan fingerprint density at radius 1 is 1.00 bits per heavy atom. The summed E-state index contributed by atoms with van der Waals surface area (Å²) in [6.07, 6.45) is 11.5. The Kier molecular flexibility index (Phi) is 4.76. The van der Waals surface area contributed by atoms with Crippen molar-refractivity contribution in [2.24, 2.45) is 34.5 Å². The molecule has 6 atom stereocenters. The molecule has 6 aliphatic rings. The van der Waals surface area contributed by atoms with Gasteiger partial charge in [-0.2, -0.15) is 0 Å². The molecule has 3 saturated carbocycles. The number of aldehydes is 1. The van der Waals surface area contributed by atoms with E-state index in [9.17, 15) is 9.90 Å². The zero-order chi connectivity index (χ0) is 21.3. The van der Waals surface area contributed by atoms with Crippen molar-refractivity contribution in [3.8, 4) is 0 Å². The summed E-state index contributed by atoms with van der Waals surface area (Å²) in [7, 11) is 0. The molecule has 31 heavy (non-hydrogen) atoms. The summed E-state index contributed by atoms with van der Waals surface area (Å²) < 4.78 is 24.0. The minimum atomic E-state index is -0.990. The van der Waals surface area contributed by atoms with Crippen molar-refractivity contribution < 1.29 is 28.8 Å². The average molecular weight is 433 g/mol. The van der Waals surface area contributed by atoms with Gasteiger partial charge in [-0.1, -0.05) is 18.6 Å². The van der Waals surface area contributed by atoms with Gasteiger partial charge in [0.1, 0.15) is 6.29 Å². The first kappa shape index (κ1) is 20.8. The van der Waals surface area contributed by atoms with Crippen LogP contribution in [-0.2, 0) is 23.7 Å². The number of aliphatic hydroxyl groups is 1. The number of carbonyl (C=O) groups excluding carboxylic acids is 1. The van der Waals surface area contributed by atoms with E-state index >= 15 is 0 Å². The van der Waals surface area contributed by atoms with Crippen LogP contribution in [0.4, 0.5) is 0 Å². The van der Waals surface area contributed by atoms with E-state index in [0.29, 0.717) is 44.2 Å². The van der Waals surface area contributed by atoms with E-state index in [-0.39, 0.29) is 23.7 Å². The number of hydrogen-bond acceptors (Lipinski definition) is 6. The van der Waals surface area contributed by atoms with Crippen LogP contribution >= 0.6 is 0 Å². The van der Waals surface area contributed by atoms with E-state index in [0.717, 1.165) is 51.4 Å². The third kappa shape index (κ3) is 2.72. The molecule has 0 aromatic heterocycles. The van der Waals surface area contributed by atoms with E-state index < -0.39 is 11.2 Å². The largest absolute Gasteiger partial charge is 0.391 e. The van der Waals surface area contributed by atoms with Gasteiger partial charge < -0.3 is 28.8 Å². The fraction of sp³-hybridized carbons (Fsp3) is 0.880. The molecule has 0 aromatic carbocycles. The molecule has 0 radical (unpaired) electrons. The van der Waals surface area contributed by atoms with Gasteiger partial charge in [0.05, 0.1) is 33.0 Å². The number of aliphatic hydroxyl groups excluding tert-OH is 1. The summed E-state index contributed by atoms with van der Waals surface area (Å²) in [4.78, 5) is 12.8. The summed E-state index contributed by atoms with van der Waals surface area (Å²) in [6, 6.07) is 0. The third-order valence-electron chi connectivity index (χ3n) is 10.3. The molecule has 6 heteroatoms. The average Bonchev–Trinajstić information content (AvgIpc) is 3.53. The molecular formula is C25H36O6. The van der Waals surface area contributed by atoms with Crippen LogP contribution in [0.2, 0.25) is 0 Å². The van der Waals surface area contributed by atoms with Crippen LogP contribution in [0, 0.1) is 34.5 Å². The Morgan fingerprint density at radius 3 is 2.45 bits per heavy atom. The topological polar surface area (TPSA) is 74.2 Å². The second kappa shape index (κ2) is 7.10. The Balaban J connectivity index is 1.31. The maximum atomic E-state index is 12.8. The summed E-state index contributed by atoms with van der Waals surface area (Å²) in [5.74, 6) is 0.0188. The lowest BCUT2D eigenvalue weighted by Gasteiger charge is -2.59. The van der Waals surface area contributed by atoms with E-state index in [1.54, 1.807) is 0 Å². The number of allylic oxidation sites excluding steroid dienone is 1. The zero-order valence-corrected chi connectivity index (χ0v) is 18.6. The summed E-state index contributed by atoms with van der Waals surface area (Å²) >= 11 is 0. The summed E-state index contributed by atoms with van der Waals surface area (Å²) in [6.45, 7) is 4.70. The molecule has 2 saturated heterocycles. The van der Waals surface area contributed by atoms with Crippen LogP contribution in [0.25, 0.3) is 0 Å². The predicted molar refractivity (Wildman–Crippen MR) is 112 cm³/mol. The molecule has 6 nitrogen and oxygen atoms in total. The smallest absolute Gasteiger partial charge is 0.195 e. The highest BCUT2D eigenvalue weighted by Crippen LogP contribution is 2.68. The monoisotopic (exact) mass is 432 g/mol. The van der Waals surface area contributed by atoms with Crippen molar-refractivity contribution in [2.45, 2.75) is 69.9 Å². The second-order valence-corrected chi connectivity index (χ2v) is 11.1. The van der Waals surface area contributed by atoms with Gasteiger partial charge in [0.2, 0.25) is 0 Å². The number of fused-ring (bicyclic) bond motifs is 5. The van der Waals surface area contributed by atoms with Crippen LogP contribution in [0.15, 0.2) is 11.6 Å². The van der Waals surface area contributed by atoms with Crippen molar-refractivity contribution in [2.75, 3.05) is 33.0 Å². The molecule has 2 aliphatic heterocycles. The van der Waals surface area contributed by atoms with Gasteiger partial charge >= 0.3 is 0 Å². The highest BCUT2D eigenvalue weighted by atomic mass is 16.7. The number of rotatable bonds is 3. The first-order valence-electron chi connectivity index (χ1n) is 12.3. The Hall–Kier alpha value is -0.790. The highest BCUT2D eigenvalue weighted by Gasteiger charge is 2.66. The fourth-order valence-corrected chi connectivity index (χ4v) is 8.81. The molecule has 4 aliphatic carbocycles. The Bertz CT molecular complexity index is 766. The fourth-order valence-electron chi connectivity index (χ4n) is 8.81. The lowest BCUT2D eigenvalue weighted by molar-refractivity contribution is -0.242. The SMILES string of the molecule is C[C@]12CCC3(CC1=CC[C@H]1[C@@H]4CC[C@H](C5(CO)OCCO5)[C@@]4(C=O)CC[C@@H]12)OCCO3. The van der Waals surface area contributed by atoms with Crippen LogP contribution in [0.1, 0.15) is 58.3 Å². The molecular weight excluding hydrogens is 396 g/mol. The van der Waals surface area contributed by atoms with Gasteiger partial charge in [0, 0.05) is 24.2 Å². The van der Waals surface area contributed by atoms with Crippen molar-refractivity contribution in [3.63, 3.8) is 0 Å². The molecule has 0 aromatic rings. The normalized spacial score (nSPS) is 47.5. The second-order valence-electron chi connectivity index (χ2n) is 11.1. The number of carbonyl (C=O) groups is 1. The number of ether oxygens (including phenoxy) is 4. The molecule has 1 N–H and O–H groups in total. The van der Waals surface area contributed by atoms with Gasteiger partial charge in [0.25, 0.3) is 0 Å². The van der Waals surface area contributed by atoms with E-state index in [4.69, 9.17) is 18.9 Å². The van der Waals surface area contributed by atoms with E-state index in [2.05, 4.69) is 13.0 Å². The molecule has 0 unspecified atom stereocenters. The maximum absolute atomic E-state index is 12.8. The standard InChI is InChI=1S/C25H36O6/c1-22-8-9-24(28-10-11-29-24)14-17(22)2-3-18-19(22)6-7-23(15-26)20(18)4-5-21(23)25(16-27)30-12-13-31-25/h2,15,18-21,27H,3-14,16H2,1H3/t18-,19+,20+,21+,22+,23-/m1/s1. The Morgan fingerprint density at radius 2 is 1.74 bits per heavy atom. The number of hydrogen-bond donors (Lipinski definition) is 1. The first-order valence-corrected chi connectivity index (χ1v) is 12.3. The van der Waals surface area contributed by atoms with Crippen LogP contribution < -0.4 is 0 Å². The quantitative estimate of drug-likeness (QED) is 0.545. The highest BCUT2D eigenvalue weighted by molar-refractivity contribution is 5.62. The van der Waals surface area contributed by atoms with Crippen molar-refractivity contribution in [3.05, 3.63) is 11.6 Å². The van der Waals surface area contributed by atoms with Gasteiger partial charge in [-0.3, -0.25) is 0 Å². The van der Waals surface area contributed by atoms with Crippen molar-refractivity contribution in [1.29, 1.82) is 0 Å². The molecule has 0 bridgehead atoms. The van der Waals surface area contributed by atoms with Crippen LogP contribution in [0.3, 0.4) is 0 Å². The van der Waals surface area contributed by atoms with Crippen LogP contribution in [0.5, 0.6) is 0 Å². The molecule has 5 fully saturated rings. The third-order valence-corrected chi connectivity index (χ3v) is 10.3. The van der Waals surface area contributed by atoms with Gasteiger partial charge in [-0.15, -0.1) is 0 Å². The van der Waals surface area contributed by atoms with Crippen LogP contribution in [-0.4, -0.2) is 56.0 Å². The summed E-state index contributed by atoms with van der Waals surface area (Å²) in [5.41, 5.74) is 1.25. The minimum absolute atomic E-state index is 0.0518. The molecule has 2 heterocycles. The molecule has 6 rings (SSSR count). The predicted octanol–water partition coefficient (Wildman–Crippen LogP) is 3.22. The lowest BCUT2D eigenvalue weighted by atomic mass is 9.46. The minimum Gasteiger partial charge on any atom is -0.391 e. The van der Waals surface area contributed by atoms with Gasteiger partial charge in [-0.25, -0.2) is 0 Å². The van der Waals surface area contributed by atoms with Gasteiger partial charge in [-0.05, 0) is 61.7 Å². The van der Waals surface area contributed by atoms with Gasteiger partial charge in [0.15, 0.2) is 11.6 Å². The lowest BCUT2D eigenvalue weighted by Crippen LogP contribution is -2.57. The van der Waals surface area contributed by atoms with Crippen molar-refractivity contribution >= 4 is 6.29 Å². The molecule has 1 spiro atoms. The van der Waals surface area contributed by atoms with Crippen molar-refractivity contribution in [1.82, 2.24) is 0 Å². The summed E-state index contributed by atoms with van der Waals surface area (Å²) in [5, 5.41) is 10.2. The van der Waals surface area contributed by atoms with E-state index in [1.165, 1.54) is 11.9 Å². The zero-order valence-electron chi connectivity index (χ0n) is 18.6. The molecule has 172 valence electrons. The Labute approximate surface area is 184 Å². The maximum Gasteiger partial charge on any atom is 0.195 e.